The molecule has 4 aromatic rings. The molecule has 4 aromatic carbocycles. The third kappa shape index (κ3) is 18.6. The Labute approximate surface area is 336 Å². The van der Waals surface area contributed by atoms with Gasteiger partial charge in [-0.1, -0.05) is 60.1 Å². The molecular formula is C34H16Ag2F6N4O6S2. The van der Waals surface area contributed by atoms with Crippen LogP contribution in [0.5, 0.6) is 0 Å². The van der Waals surface area contributed by atoms with E-state index in [9.17, 15) is 26.3 Å². The second-order valence-electron chi connectivity index (χ2n) is 9.00. The molecule has 0 aliphatic carbocycles. The minimum atomic E-state index is -6.09. The Hall–Kier alpha value is -5.16. The van der Waals surface area contributed by atoms with E-state index in [0.717, 1.165) is 11.1 Å². The first-order valence-electron chi connectivity index (χ1n) is 13.2. The summed E-state index contributed by atoms with van der Waals surface area (Å²) in [5.41, 5.74) is -6.10. The van der Waals surface area contributed by atoms with E-state index >= 15 is 0 Å². The Balaban J connectivity index is 0. The molecule has 0 amide bonds. The number of alkyl halides is 6. The fourth-order valence-electron chi connectivity index (χ4n) is 2.99. The van der Waals surface area contributed by atoms with E-state index < -0.39 is 31.3 Å². The number of nitriles is 4. The van der Waals surface area contributed by atoms with E-state index in [1.807, 2.05) is 24.3 Å². The Bertz CT molecular complexity index is 2260. The standard InChI is InChI=1S/2C16H8N2.2CHF3O3S.2Ag/c2*17-11-14-5-3-4-13(10-14)8-9-15-6-1-2-7-16(15)12-18;2*2-1(3,4)8(5,6)7;;/h2*1-7,10H;2*(H,5,6,7);;/q;;;;2*+1/p-2. The van der Waals surface area contributed by atoms with Crippen molar-refractivity contribution in [3.63, 3.8) is 0 Å². The van der Waals surface area contributed by atoms with Crippen LogP contribution in [0, 0.1) is 69.0 Å². The number of nitrogens with zero attached hydrogens (tertiary/aromatic N) is 4. The molecule has 0 bridgehead atoms. The molecule has 0 unspecified atom stereocenters. The summed E-state index contributed by atoms with van der Waals surface area (Å²) in [6.45, 7) is 0. The van der Waals surface area contributed by atoms with Gasteiger partial charge >= 0.3 is 55.8 Å². The van der Waals surface area contributed by atoms with Crippen molar-refractivity contribution in [1.82, 2.24) is 0 Å². The summed E-state index contributed by atoms with van der Waals surface area (Å²) in [5, 5.41) is 35.5. The quantitative estimate of drug-likeness (QED) is 0.0684. The van der Waals surface area contributed by atoms with Crippen LogP contribution >= 0.6 is 0 Å². The molecule has 0 fully saturated rings. The zero-order valence-corrected chi connectivity index (χ0v) is 30.8. The van der Waals surface area contributed by atoms with Crippen LogP contribution in [-0.4, -0.2) is 37.0 Å². The molecule has 0 N–H and O–H groups in total. The molecule has 54 heavy (non-hydrogen) atoms. The number of rotatable bonds is 0. The van der Waals surface area contributed by atoms with Gasteiger partial charge in [0.2, 0.25) is 0 Å². The molecule has 0 aliphatic rings. The summed E-state index contributed by atoms with van der Waals surface area (Å²) >= 11 is 0. The van der Waals surface area contributed by atoms with E-state index in [4.69, 9.17) is 47.0 Å². The monoisotopic (exact) mass is 968 g/mol. The van der Waals surface area contributed by atoms with E-state index in [2.05, 4.69) is 48.0 Å². The molecule has 4 rings (SSSR count). The molecule has 0 saturated heterocycles. The van der Waals surface area contributed by atoms with Crippen LogP contribution < -0.4 is 0 Å². The van der Waals surface area contributed by atoms with Gasteiger partial charge in [0.05, 0.1) is 34.4 Å². The van der Waals surface area contributed by atoms with Crippen molar-refractivity contribution >= 4 is 20.2 Å². The van der Waals surface area contributed by atoms with Gasteiger partial charge < -0.3 is 9.11 Å². The predicted molar refractivity (Wildman–Crippen MR) is 168 cm³/mol. The van der Waals surface area contributed by atoms with Gasteiger partial charge in [-0.15, -0.1) is 0 Å². The summed E-state index contributed by atoms with van der Waals surface area (Å²) in [6.07, 6.45) is 0. The molecule has 0 saturated carbocycles. The maximum Gasteiger partial charge on any atom is 1.00 e. The van der Waals surface area contributed by atoms with Gasteiger partial charge in [0.1, 0.15) is 12.1 Å². The Morgan fingerprint density at radius 3 is 0.926 bits per heavy atom. The van der Waals surface area contributed by atoms with Crippen LogP contribution in [0.15, 0.2) is 97.1 Å². The second-order valence-corrected chi connectivity index (χ2v) is 11.7. The van der Waals surface area contributed by atoms with Crippen LogP contribution in [0.1, 0.15) is 44.5 Å². The number of halogens is 6. The Morgan fingerprint density at radius 2 is 0.685 bits per heavy atom. The minimum absolute atomic E-state index is 0. The number of hydrogen-bond donors (Lipinski definition) is 0. The fourth-order valence-corrected chi connectivity index (χ4v) is 2.99. The average Bonchev–Trinajstić information content (AvgIpc) is 3.09. The van der Waals surface area contributed by atoms with Crippen LogP contribution in [0.3, 0.4) is 0 Å². The van der Waals surface area contributed by atoms with Crippen molar-refractivity contribution in [3.05, 3.63) is 142 Å². The molecule has 284 valence electrons. The fraction of sp³-hybridized carbons (Fsp3) is 0.0588. The number of hydrogen-bond acceptors (Lipinski definition) is 10. The van der Waals surface area contributed by atoms with Crippen LogP contribution in [0.4, 0.5) is 26.3 Å². The van der Waals surface area contributed by atoms with Crippen molar-refractivity contribution in [2.24, 2.45) is 0 Å². The van der Waals surface area contributed by atoms with E-state index in [0.29, 0.717) is 33.4 Å². The molecular weight excluding hydrogens is 954 g/mol. The van der Waals surface area contributed by atoms with Gasteiger partial charge in [-0.25, -0.2) is 16.8 Å². The molecule has 0 radical (unpaired) electrons. The topological polar surface area (TPSA) is 210 Å². The maximum atomic E-state index is 10.7. The average molecular weight is 970 g/mol. The first-order valence-corrected chi connectivity index (χ1v) is 16.1. The van der Waals surface area contributed by atoms with Crippen molar-refractivity contribution in [2.45, 2.75) is 11.0 Å². The molecule has 0 heterocycles. The summed E-state index contributed by atoms with van der Waals surface area (Å²) in [6, 6.07) is 36.9. The Kier molecular flexibility index (Phi) is 22.2. The summed E-state index contributed by atoms with van der Waals surface area (Å²) < 4.78 is 118. The molecule has 0 spiro atoms. The van der Waals surface area contributed by atoms with Crippen molar-refractivity contribution < 1.29 is 97.0 Å². The molecule has 20 heteroatoms. The van der Waals surface area contributed by atoms with Crippen molar-refractivity contribution in [2.75, 3.05) is 0 Å². The third-order valence-corrected chi connectivity index (χ3v) is 6.46. The normalized spacial score (nSPS) is 9.85. The first-order chi connectivity index (χ1) is 24.2. The predicted octanol–water partition coefficient (Wildman–Crippen LogP) is 5.76. The molecule has 10 nitrogen and oxygen atoms in total. The van der Waals surface area contributed by atoms with Crippen LogP contribution in [-0.2, 0) is 65.0 Å². The van der Waals surface area contributed by atoms with Gasteiger partial charge in [-0.05, 0) is 60.7 Å². The zero-order chi connectivity index (χ0) is 39.6. The van der Waals surface area contributed by atoms with Gasteiger partial charge in [0, 0.05) is 22.3 Å². The van der Waals surface area contributed by atoms with Crippen molar-refractivity contribution in [3.8, 4) is 48.0 Å². The first kappa shape index (κ1) is 50.9. The van der Waals surface area contributed by atoms with E-state index in [1.54, 1.807) is 72.8 Å². The second kappa shape index (κ2) is 23.5. The molecule has 0 aromatic heterocycles. The van der Waals surface area contributed by atoms with Gasteiger partial charge in [-0.2, -0.15) is 47.4 Å². The summed E-state index contributed by atoms with van der Waals surface area (Å²) in [7, 11) is -12.2. The summed E-state index contributed by atoms with van der Waals surface area (Å²) in [4.78, 5) is 0. The number of benzene rings is 4. The smallest absolute Gasteiger partial charge is 0.741 e. The van der Waals surface area contributed by atoms with Crippen LogP contribution in [0.25, 0.3) is 0 Å². The maximum absolute atomic E-state index is 10.7. The molecule has 0 atom stereocenters. The van der Waals surface area contributed by atoms with E-state index in [-0.39, 0.29) is 44.8 Å². The van der Waals surface area contributed by atoms with Crippen molar-refractivity contribution in [1.29, 1.82) is 21.0 Å². The largest absolute Gasteiger partial charge is 1.00 e. The SMILES string of the molecule is N#Cc1cccc(C#Cc2ccccc2C#N)c1.N#Cc1cccc(C#Cc2ccccc2C#N)c1.O=S(=O)([O-])C(F)(F)F.O=S(=O)([O-])C(F)(F)F.[Ag+].[Ag+]. The van der Waals surface area contributed by atoms with E-state index in [1.165, 1.54) is 0 Å². The third-order valence-electron chi connectivity index (χ3n) is 5.33. The summed E-state index contributed by atoms with van der Waals surface area (Å²) in [5.74, 6) is 11.8. The van der Waals surface area contributed by atoms with Gasteiger partial charge in [-0.3, -0.25) is 0 Å². The molecule has 0 aliphatic heterocycles. The Morgan fingerprint density at radius 1 is 0.426 bits per heavy atom. The van der Waals surface area contributed by atoms with Crippen LogP contribution in [0.2, 0.25) is 0 Å². The zero-order valence-electron chi connectivity index (χ0n) is 26.2. The van der Waals surface area contributed by atoms with Gasteiger partial charge in [0.15, 0.2) is 20.2 Å². The van der Waals surface area contributed by atoms with Gasteiger partial charge in [0.25, 0.3) is 0 Å². The minimum Gasteiger partial charge on any atom is -0.741 e.